The average Bonchev–Trinajstić information content (AvgIpc) is 3.06. The van der Waals surface area contributed by atoms with Crippen molar-refractivity contribution in [3.8, 4) is 0 Å². The largest absolute Gasteiger partial charge is 0.339 e. The lowest BCUT2D eigenvalue weighted by Crippen LogP contribution is -2.26. The van der Waals surface area contributed by atoms with E-state index < -0.39 is 0 Å². The van der Waals surface area contributed by atoms with Gasteiger partial charge in [0.05, 0.1) is 22.5 Å². The zero-order valence-corrected chi connectivity index (χ0v) is 15.4. The number of amides is 1. The number of nitrogens with zero attached hydrogens (tertiary/aromatic N) is 4. The summed E-state index contributed by atoms with van der Waals surface area (Å²) in [5.41, 5.74) is 4.32. The minimum atomic E-state index is 0.136. The molecule has 0 aliphatic carbocycles. The Bertz CT molecular complexity index is 847. The lowest BCUT2D eigenvalue weighted by atomic mass is 10.1. The van der Waals surface area contributed by atoms with Gasteiger partial charge in [-0.1, -0.05) is 12.1 Å². The molecule has 0 aliphatic rings. The molecule has 0 saturated heterocycles. The fourth-order valence-corrected chi connectivity index (χ4v) is 3.90. The van der Waals surface area contributed by atoms with E-state index in [9.17, 15) is 4.79 Å². The molecule has 0 spiro atoms. The number of hydrogen-bond acceptors (Lipinski definition) is 4. The third-order valence-corrected chi connectivity index (χ3v) is 5.41. The standard InChI is InChI=1S/C18H22N4OS/c1-12-14(13(2)22(4)20-12)9-10-18(23)21(3)11-17-19-15-7-5-6-8-16(15)24-17/h5-8H,9-11H2,1-4H3. The second kappa shape index (κ2) is 6.73. The normalized spacial score (nSPS) is 11.2. The molecule has 0 N–H and O–H groups in total. The lowest BCUT2D eigenvalue weighted by molar-refractivity contribution is -0.130. The Morgan fingerprint density at radius 2 is 2.04 bits per heavy atom. The van der Waals surface area contributed by atoms with Gasteiger partial charge in [0.1, 0.15) is 5.01 Å². The predicted molar refractivity (Wildman–Crippen MR) is 97.1 cm³/mol. The SMILES string of the molecule is Cc1nn(C)c(C)c1CCC(=O)N(C)Cc1nc2ccccc2s1. The minimum Gasteiger partial charge on any atom is -0.339 e. The van der Waals surface area contributed by atoms with Crippen molar-refractivity contribution in [3.05, 3.63) is 46.2 Å². The summed E-state index contributed by atoms with van der Waals surface area (Å²) in [7, 11) is 3.78. The van der Waals surface area contributed by atoms with Crippen LogP contribution in [-0.2, 0) is 24.8 Å². The van der Waals surface area contributed by atoms with Crippen LogP contribution in [0.15, 0.2) is 24.3 Å². The van der Waals surface area contributed by atoms with Gasteiger partial charge in [-0.2, -0.15) is 5.10 Å². The van der Waals surface area contributed by atoms with Crippen molar-refractivity contribution in [3.63, 3.8) is 0 Å². The summed E-state index contributed by atoms with van der Waals surface area (Å²) >= 11 is 1.65. The van der Waals surface area contributed by atoms with E-state index in [2.05, 4.69) is 16.1 Å². The predicted octanol–water partition coefficient (Wildman–Crippen LogP) is 3.24. The summed E-state index contributed by atoms with van der Waals surface area (Å²) in [5.74, 6) is 0.136. The third kappa shape index (κ3) is 3.33. The molecule has 1 aromatic carbocycles. The molecule has 0 atom stereocenters. The molecule has 3 rings (SSSR count). The van der Waals surface area contributed by atoms with Crippen LogP contribution in [0.4, 0.5) is 0 Å². The number of fused-ring (bicyclic) bond motifs is 1. The van der Waals surface area contributed by atoms with Crippen LogP contribution in [0.1, 0.15) is 28.4 Å². The van der Waals surface area contributed by atoms with Crippen molar-refractivity contribution >= 4 is 27.5 Å². The molecule has 0 unspecified atom stereocenters. The number of hydrogen-bond donors (Lipinski definition) is 0. The summed E-state index contributed by atoms with van der Waals surface area (Å²) in [6, 6.07) is 8.06. The minimum absolute atomic E-state index is 0.136. The molecule has 0 bridgehead atoms. The van der Waals surface area contributed by atoms with Crippen LogP contribution in [0.2, 0.25) is 0 Å². The first kappa shape index (κ1) is 16.6. The second-order valence-electron chi connectivity index (χ2n) is 6.10. The molecular weight excluding hydrogens is 320 g/mol. The number of aromatic nitrogens is 3. The Kier molecular flexibility index (Phi) is 4.66. The topological polar surface area (TPSA) is 51.0 Å². The van der Waals surface area contributed by atoms with Crippen LogP contribution in [-0.4, -0.2) is 32.6 Å². The zero-order chi connectivity index (χ0) is 17.3. The maximum absolute atomic E-state index is 12.4. The average molecular weight is 342 g/mol. The third-order valence-electron chi connectivity index (χ3n) is 4.38. The van der Waals surface area contributed by atoms with Crippen LogP contribution in [0, 0.1) is 13.8 Å². The summed E-state index contributed by atoms with van der Waals surface area (Å²) in [4.78, 5) is 18.8. The maximum Gasteiger partial charge on any atom is 0.223 e. The van der Waals surface area contributed by atoms with Crippen molar-refractivity contribution in [2.75, 3.05) is 7.05 Å². The zero-order valence-electron chi connectivity index (χ0n) is 14.5. The highest BCUT2D eigenvalue weighted by Crippen LogP contribution is 2.22. The van der Waals surface area contributed by atoms with Crippen LogP contribution >= 0.6 is 11.3 Å². The molecule has 24 heavy (non-hydrogen) atoms. The van der Waals surface area contributed by atoms with Crippen LogP contribution in [0.3, 0.4) is 0 Å². The fourth-order valence-electron chi connectivity index (χ4n) is 2.88. The molecule has 126 valence electrons. The summed E-state index contributed by atoms with van der Waals surface area (Å²) in [6.45, 7) is 4.60. The highest BCUT2D eigenvalue weighted by molar-refractivity contribution is 7.18. The van der Waals surface area contributed by atoms with E-state index in [0.717, 1.165) is 33.0 Å². The fraction of sp³-hybridized carbons (Fsp3) is 0.389. The Morgan fingerprint density at radius 1 is 1.29 bits per heavy atom. The van der Waals surface area contributed by atoms with Crippen molar-refractivity contribution in [1.82, 2.24) is 19.7 Å². The van der Waals surface area contributed by atoms with Crippen molar-refractivity contribution in [2.45, 2.75) is 33.2 Å². The molecule has 2 aromatic heterocycles. The number of rotatable bonds is 5. The lowest BCUT2D eigenvalue weighted by Gasteiger charge is -2.15. The highest BCUT2D eigenvalue weighted by atomic mass is 32.1. The maximum atomic E-state index is 12.4. The molecular formula is C18H22N4OS. The molecule has 1 amide bonds. The molecule has 0 fully saturated rings. The number of aryl methyl sites for hydroxylation is 2. The number of benzene rings is 1. The van der Waals surface area contributed by atoms with Gasteiger partial charge >= 0.3 is 0 Å². The van der Waals surface area contributed by atoms with E-state index in [-0.39, 0.29) is 5.91 Å². The van der Waals surface area contributed by atoms with Gasteiger partial charge in [0.2, 0.25) is 5.91 Å². The molecule has 0 aliphatic heterocycles. The van der Waals surface area contributed by atoms with Crippen LogP contribution in [0.5, 0.6) is 0 Å². The van der Waals surface area contributed by atoms with Crippen LogP contribution in [0.25, 0.3) is 10.2 Å². The first-order valence-electron chi connectivity index (χ1n) is 8.03. The van der Waals surface area contributed by atoms with E-state index in [1.54, 1.807) is 16.2 Å². The van der Waals surface area contributed by atoms with Crippen molar-refractivity contribution < 1.29 is 4.79 Å². The van der Waals surface area contributed by atoms with E-state index in [0.29, 0.717) is 13.0 Å². The Labute approximate surface area is 145 Å². The molecule has 0 radical (unpaired) electrons. The van der Waals surface area contributed by atoms with Gasteiger partial charge in [-0.25, -0.2) is 4.98 Å². The monoisotopic (exact) mass is 342 g/mol. The molecule has 3 aromatic rings. The molecule has 0 saturated carbocycles. The Morgan fingerprint density at radius 3 is 2.71 bits per heavy atom. The second-order valence-corrected chi connectivity index (χ2v) is 7.21. The van der Waals surface area contributed by atoms with E-state index in [1.165, 1.54) is 5.56 Å². The quantitative estimate of drug-likeness (QED) is 0.715. The van der Waals surface area contributed by atoms with E-state index in [4.69, 9.17) is 0 Å². The van der Waals surface area contributed by atoms with Gasteiger partial charge in [0.25, 0.3) is 0 Å². The summed E-state index contributed by atoms with van der Waals surface area (Å²) in [5, 5.41) is 5.38. The van der Waals surface area contributed by atoms with Gasteiger partial charge in [-0.15, -0.1) is 11.3 Å². The van der Waals surface area contributed by atoms with Crippen LogP contribution < -0.4 is 0 Å². The first-order valence-corrected chi connectivity index (χ1v) is 8.85. The molecule has 5 nitrogen and oxygen atoms in total. The summed E-state index contributed by atoms with van der Waals surface area (Å²) < 4.78 is 3.04. The Balaban J connectivity index is 1.62. The summed E-state index contributed by atoms with van der Waals surface area (Å²) in [6.07, 6.45) is 1.23. The van der Waals surface area contributed by atoms with Gasteiger partial charge in [0, 0.05) is 26.2 Å². The van der Waals surface area contributed by atoms with E-state index >= 15 is 0 Å². The van der Waals surface area contributed by atoms with Gasteiger partial charge in [0.15, 0.2) is 0 Å². The Hall–Kier alpha value is -2.21. The van der Waals surface area contributed by atoms with Gasteiger partial charge < -0.3 is 4.90 Å². The first-order chi connectivity index (χ1) is 11.5. The van der Waals surface area contributed by atoms with E-state index in [1.807, 2.05) is 50.8 Å². The smallest absolute Gasteiger partial charge is 0.223 e. The molecule has 6 heteroatoms. The number of para-hydroxylation sites is 1. The van der Waals surface area contributed by atoms with Gasteiger partial charge in [-0.3, -0.25) is 9.48 Å². The van der Waals surface area contributed by atoms with Crippen molar-refractivity contribution in [2.24, 2.45) is 7.05 Å². The number of carbonyl (C=O) groups is 1. The number of carbonyl (C=O) groups excluding carboxylic acids is 1. The van der Waals surface area contributed by atoms with Gasteiger partial charge in [-0.05, 0) is 38.0 Å². The highest BCUT2D eigenvalue weighted by Gasteiger charge is 2.15. The van der Waals surface area contributed by atoms with Crippen molar-refractivity contribution in [1.29, 1.82) is 0 Å². The molecule has 2 heterocycles. The number of thiazole rings is 1.